The maximum Gasteiger partial charge on any atom is 0.434 e. The van der Waals surface area contributed by atoms with E-state index in [2.05, 4.69) is 4.98 Å². The summed E-state index contributed by atoms with van der Waals surface area (Å²) in [6.45, 7) is 1.78. The third-order valence-corrected chi connectivity index (χ3v) is 8.70. The lowest BCUT2D eigenvalue weighted by Crippen LogP contribution is -2.24. The van der Waals surface area contributed by atoms with E-state index in [1.54, 1.807) is 19.1 Å². The molecule has 4 aromatic rings. The van der Waals surface area contributed by atoms with Gasteiger partial charge in [0, 0.05) is 28.4 Å². The fourth-order valence-corrected chi connectivity index (χ4v) is 6.36. The number of fused-ring (bicyclic) bond motifs is 1. The van der Waals surface area contributed by atoms with Gasteiger partial charge in [0.25, 0.3) is 10.0 Å². The van der Waals surface area contributed by atoms with E-state index in [1.807, 2.05) is 0 Å². The molecule has 2 heterocycles. The first-order valence-corrected chi connectivity index (χ1v) is 14.4. The van der Waals surface area contributed by atoms with Gasteiger partial charge in [-0.25, -0.2) is 12.4 Å². The first-order chi connectivity index (χ1) is 19.1. The molecule has 0 unspecified atom stereocenters. The molecule has 220 valence electrons. The maximum absolute atomic E-state index is 13.7. The second-order valence-corrected chi connectivity index (χ2v) is 12.0. The Bertz CT molecular complexity index is 1620. The number of benzene rings is 2. The molecule has 0 atom stereocenters. The van der Waals surface area contributed by atoms with Gasteiger partial charge in [0.15, 0.2) is 5.69 Å². The zero-order valence-electron chi connectivity index (χ0n) is 21.6. The van der Waals surface area contributed by atoms with E-state index in [0.717, 1.165) is 41.2 Å². The van der Waals surface area contributed by atoms with Crippen molar-refractivity contribution in [3.05, 3.63) is 77.2 Å². The van der Waals surface area contributed by atoms with Crippen LogP contribution in [0.25, 0.3) is 22.0 Å². The highest BCUT2D eigenvalue weighted by Crippen LogP contribution is 2.42. The Balaban J connectivity index is 0.000000328. The lowest BCUT2D eigenvalue weighted by atomic mass is 9.89. The Kier molecular flexibility index (Phi) is 8.65. The number of pyridine rings is 1. The number of nitrogens with zero attached hydrogens (tertiary/aromatic N) is 2. The van der Waals surface area contributed by atoms with Crippen molar-refractivity contribution in [1.82, 2.24) is 8.96 Å². The van der Waals surface area contributed by atoms with Crippen molar-refractivity contribution in [3.63, 3.8) is 0 Å². The fraction of sp³-hybridized carbons (Fsp3) is 0.321. The van der Waals surface area contributed by atoms with Crippen molar-refractivity contribution in [2.45, 2.75) is 56.3 Å². The summed E-state index contributed by atoms with van der Waals surface area (Å²) in [4.78, 5) is 3.38. The topological polar surface area (TPSA) is 72.2 Å². The molecule has 2 aromatic carbocycles. The molecule has 5 nitrogen and oxygen atoms in total. The Morgan fingerprint density at radius 1 is 0.951 bits per heavy atom. The van der Waals surface area contributed by atoms with E-state index in [4.69, 9.17) is 11.6 Å². The van der Waals surface area contributed by atoms with Gasteiger partial charge in [-0.2, -0.15) is 26.3 Å². The van der Waals surface area contributed by atoms with Crippen molar-refractivity contribution in [1.29, 1.82) is 0 Å². The van der Waals surface area contributed by atoms with Gasteiger partial charge in [0.2, 0.25) is 0 Å². The Hall–Kier alpha value is -3.25. The van der Waals surface area contributed by atoms with Gasteiger partial charge in [-0.15, -0.1) is 0 Å². The SMILES string of the molecule is Cc1ccc(S(=O)(=O)n2cc(-c3cc(O)cc(Cl)c3)c3c(C(F)(F)F)nccc32)cc1.FC(F)(F)C1CCCCC1. The predicted molar refractivity (Wildman–Crippen MR) is 143 cm³/mol. The summed E-state index contributed by atoms with van der Waals surface area (Å²) < 4.78 is 104. The standard InChI is InChI=1S/C21H14ClF3N2O3S.C7H11F3/c1-12-2-4-16(5-3-12)31(29,30)27-11-17(13-8-14(22)10-15(28)9-13)19-18(27)6-7-26-20(19)21(23,24)25;8-7(9,10)6-4-2-1-3-5-6/h2-11,28H,1H3;6H,1-5H2. The number of alkyl halides is 6. The summed E-state index contributed by atoms with van der Waals surface area (Å²) in [5.41, 5.74) is -0.570. The maximum atomic E-state index is 13.7. The zero-order chi connectivity index (χ0) is 30.2. The van der Waals surface area contributed by atoms with E-state index in [9.17, 15) is 39.9 Å². The molecule has 1 saturated carbocycles. The molecule has 0 aliphatic heterocycles. The van der Waals surface area contributed by atoms with E-state index in [1.165, 1.54) is 36.4 Å². The Labute approximate surface area is 237 Å². The van der Waals surface area contributed by atoms with Crippen LogP contribution in [-0.2, 0) is 16.2 Å². The second kappa shape index (κ2) is 11.6. The second-order valence-electron chi connectivity index (χ2n) is 9.78. The molecule has 1 aliphatic carbocycles. The lowest BCUT2D eigenvalue weighted by Gasteiger charge is -2.23. The number of aromatic nitrogens is 2. The summed E-state index contributed by atoms with van der Waals surface area (Å²) in [6.07, 6.45) is -3.59. The van der Waals surface area contributed by atoms with Gasteiger partial charge < -0.3 is 5.11 Å². The normalized spacial score (nSPS) is 15.0. The van der Waals surface area contributed by atoms with Crippen LogP contribution in [0.2, 0.25) is 5.02 Å². The van der Waals surface area contributed by atoms with Gasteiger partial charge in [-0.05, 0) is 61.7 Å². The van der Waals surface area contributed by atoms with Crippen LogP contribution in [0.5, 0.6) is 5.75 Å². The number of aromatic hydroxyl groups is 1. The average molecular weight is 619 g/mol. The molecule has 1 N–H and O–H groups in total. The van der Waals surface area contributed by atoms with Crippen molar-refractivity contribution in [3.8, 4) is 16.9 Å². The first-order valence-electron chi connectivity index (χ1n) is 12.5. The molecule has 0 bridgehead atoms. The third-order valence-electron chi connectivity index (χ3n) is 6.79. The summed E-state index contributed by atoms with van der Waals surface area (Å²) in [5.74, 6) is -1.27. The van der Waals surface area contributed by atoms with Gasteiger partial charge in [-0.1, -0.05) is 48.6 Å². The van der Waals surface area contributed by atoms with Gasteiger partial charge in [-0.3, -0.25) is 4.98 Å². The third kappa shape index (κ3) is 6.81. The van der Waals surface area contributed by atoms with Crippen LogP contribution in [-0.4, -0.2) is 28.7 Å². The molecule has 0 saturated heterocycles. The van der Waals surface area contributed by atoms with Crippen molar-refractivity contribution < 1.29 is 39.9 Å². The smallest absolute Gasteiger partial charge is 0.434 e. The minimum atomic E-state index is -4.84. The summed E-state index contributed by atoms with van der Waals surface area (Å²) in [5, 5.41) is 9.55. The number of rotatable bonds is 3. The minimum absolute atomic E-state index is 0.0785. The minimum Gasteiger partial charge on any atom is -0.508 e. The summed E-state index contributed by atoms with van der Waals surface area (Å²) in [7, 11) is -4.23. The van der Waals surface area contributed by atoms with Crippen LogP contribution in [0.15, 0.2) is 65.8 Å². The van der Waals surface area contributed by atoms with E-state index in [0.29, 0.717) is 12.8 Å². The molecule has 0 spiro atoms. The molecule has 13 heteroatoms. The highest BCUT2D eigenvalue weighted by atomic mass is 35.5. The van der Waals surface area contributed by atoms with Crippen LogP contribution < -0.4 is 0 Å². The van der Waals surface area contributed by atoms with E-state index < -0.39 is 39.4 Å². The molecule has 0 amide bonds. The highest BCUT2D eigenvalue weighted by molar-refractivity contribution is 7.90. The van der Waals surface area contributed by atoms with Gasteiger partial charge >= 0.3 is 12.4 Å². The van der Waals surface area contributed by atoms with Crippen molar-refractivity contribution >= 4 is 32.5 Å². The number of hydrogen-bond donors (Lipinski definition) is 1. The molecule has 41 heavy (non-hydrogen) atoms. The Morgan fingerprint density at radius 3 is 2.12 bits per heavy atom. The zero-order valence-corrected chi connectivity index (χ0v) is 23.2. The van der Waals surface area contributed by atoms with Crippen LogP contribution in [0.1, 0.15) is 43.4 Å². The highest BCUT2D eigenvalue weighted by Gasteiger charge is 2.39. The van der Waals surface area contributed by atoms with E-state index in [-0.39, 0.29) is 32.3 Å². The number of aryl methyl sites for hydroxylation is 1. The van der Waals surface area contributed by atoms with Crippen molar-refractivity contribution in [2.75, 3.05) is 0 Å². The van der Waals surface area contributed by atoms with Gasteiger partial charge in [0.1, 0.15) is 5.75 Å². The number of phenolic OH excluding ortho intramolecular Hbond substituents is 1. The molecule has 5 rings (SSSR count). The van der Waals surface area contributed by atoms with E-state index >= 15 is 0 Å². The largest absolute Gasteiger partial charge is 0.508 e. The molecule has 1 aliphatic rings. The Morgan fingerprint density at radius 2 is 1.59 bits per heavy atom. The molecule has 2 aromatic heterocycles. The quantitative estimate of drug-likeness (QED) is 0.233. The molecule has 0 radical (unpaired) electrons. The number of halogens is 7. The monoisotopic (exact) mass is 618 g/mol. The molecular formula is C28H25ClF6N2O3S. The van der Waals surface area contributed by atoms with Crippen molar-refractivity contribution in [2.24, 2.45) is 5.92 Å². The fourth-order valence-electron chi connectivity index (χ4n) is 4.77. The average Bonchev–Trinajstić information content (AvgIpc) is 3.29. The number of phenols is 1. The van der Waals surface area contributed by atoms with Crippen LogP contribution in [0, 0.1) is 12.8 Å². The van der Waals surface area contributed by atoms with Crippen LogP contribution in [0.4, 0.5) is 26.3 Å². The predicted octanol–water partition coefficient (Wildman–Crippen LogP) is 8.76. The molecular weight excluding hydrogens is 594 g/mol. The lowest BCUT2D eigenvalue weighted by molar-refractivity contribution is -0.181. The van der Waals surface area contributed by atoms with Gasteiger partial charge in [0.05, 0.1) is 16.3 Å². The van der Waals surface area contributed by atoms with Crippen LogP contribution in [0.3, 0.4) is 0 Å². The van der Waals surface area contributed by atoms with Crippen LogP contribution >= 0.6 is 11.6 Å². The molecule has 1 fully saturated rings. The summed E-state index contributed by atoms with van der Waals surface area (Å²) in [6, 6.07) is 10.9. The number of hydrogen-bond acceptors (Lipinski definition) is 4. The summed E-state index contributed by atoms with van der Waals surface area (Å²) >= 11 is 5.97. The first kappa shape index (κ1) is 30.7.